The maximum absolute atomic E-state index is 10.9. The van der Waals surface area contributed by atoms with E-state index in [0.717, 1.165) is 31.1 Å². The van der Waals surface area contributed by atoms with Crippen LogP contribution in [-0.4, -0.2) is 6.29 Å². The third-order valence-electron chi connectivity index (χ3n) is 2.77. The topological polar surface area (TPSA) is 43.1 Å². The number of aldehydes is 1. The summed E-state index contributed by atoms with van der Waals surface area (Å²) >= 11 is 0. The van der Waals surface area contributed by atoms with Crippen molar-refractivity contribution in [3.63, 3.8) is 0 Å². The Hall–Kier alpha value is -0.860. The monoisotopic (exact) mass is 211 g/mol. The molecular weight excluding hydrogens is 198 g/mol. The number of carbonyl (C=O) groups excluding carboxylic acids is 1. The molecule has 0 aliphatic heterocycles. The Balaban J connectivity index is 0.000000980. The number of fused-ring (bicyclic) bond motifs is 1. The summed E-state index contributed by atoms with van der Waals surface area (Å²) in [5, 5.41) is 0. The third-order valence-corrected chi connectivity index (χ3v) is 2.77. The van der Waals surface area contributed by atoms with Crippen molar-refractivity contribution in [1.82, 2.24) is 0 Å². The largest absolute Gasteiger partial charge is 0.315 e. The third kappa shape index (κ3) is 1.68. The Morgan fingerprint density at radius 1 is 1.36 bits per heavy atom. The molecule has 1 atom stereocenters. The Labute approximate surface area is 89.9 Å². The van der Waals surface area contributed by atoms with E-state index in [-0.39, 0.29) is 12.4 Å². The van der Waals surface area contributed by atoms with E-state index in [4.69, 9.17) is 5.73 Å². The second-order valence-electron chi connectivity index (χ2n) is 3.67. The van der Waals surface area contributed by atoms with E-state index in [2.05, 4.69) is 6.07 Å². The number of benzene rings is 1. The molecule has 0 spiro atoms. The number of hydrogen-bond donors (Lipinski definition) is 1. The van der Waals surface area contributed by atoms with Crippen LogP contribution in [0, 0.1) is 0 Å². The lowest BCUT2D eigenvalue weighted by atomic mass is 9.78. The number of aryl methyl sites for hydroxylation is 1. The quantitative estimate of drug-likeness (QED) is 0.720. The average molecular weight is 212 g/mol. The first-order valence-corrected chi connectivity index (χ1v) is 4.60. The van der Waals surface area contributed by atoms with Crippen LogP contribution in [0.5, 0.6) is 0 Å². The number of rotatable bonds is 1. The molecule has 0 amide bonds. The summed E-state index contributed by atoms with van der Waals surface area (Å²) in [6, 6.07) is 7.95. The fourth-order valence-corrected chi connectivity index (χ4v) is 2.02. The second kappa shape index (κ2) is 4.11. The van der Waals surface area contributed by atoms with Crippen LogP contribution in [0.2, 0.25) is 0 Å². The number of hydrogen-bond acceptors (Lipinski definition) is 2. The standard InChI is InChI=1S/C11H13NO.ClH/c12-11(8-13)7-3-5-9-4-1-2-6-10(9)11;/h1-2,4,6,8H,3,5,7,12H2;1H. The van der Waals surface area contributed by atoms with Crippen LogP contribution in [-0.2, 0) is 16.8 Å². The predicted molar refractivity (Wildman–Crippen MR) is 58.6 cm³/mol. The first-order valence-electron chi connectivity index (χ1n) is 4.60. The molecule has 1 aromatic rings. The van der Waals surface area contributed by atoms with Gasteiger partial charge in [0.25, 0.3) is 0 Å². The smallest absolute Gasteiger partial charge is 0.144 e. The molecule has 1 aromatic carbocycles. The van der Waals surface area contributed by atoms with Crippen molar-refractivity contribution in [3.8, 4) is 0 Å². The molecule has 0 aromatic heterocycles. The average Bonchev–Trinajstić information content (AvgIpc) is 2.19. The minimum atomic E-state index is -0.727. The predicted octanol–water partition coefficient (Wildman–Crippen LogP) is 1.80. The van der Waals surface area contributed by atoms with Crippen molar-refractivity contribution in [2.75, 3.05) is 0 Å². The zero-order valence-corrected chi connectivity index (χ0v) is 8.72. The van der Waals surface area contributed by atoms with Gasteiger partial charge in [-0.2, -0.15) is 0 Å². The number of halogens is 1. The van der Waals surface area contributed by atoms with Crippen LogP contribution in [0.3, 0.4) is 0 Å². The lowest BCUT2D eigenvalue weighted by molar-refractivity contribution is -0.113. The molecule has 2 N–H and O–H groups in total. The van der Waals surface area contributed by atoms with Gasteiger partial charge < -0.3 is 10.5 Å². The van der Waals surface area contributed by atoms with Crippen LogP contribution in [0.25, 0.3) is 0 Å². The van der Waals surface area contributed by atoms with Crippen LogP contribution in [0.4, 0.5) is 0 Å². The van der Waals surface area contributed by atoms with Gasteiger partial charge in [-0.25, -0.2) is 0 Å². The molecule has 1 aliphatic carbocycles. The van der Waals surface area contributed by atoms with Gasteiger partial charge in [0.1, 0.15) is 6.29 Å². The van der Waals surface area contributed by atoms with E-state index >= 15 is 0 Å². The lowest BCUT2D eigenvalue weighted by Gasteiger charge is -2.30. The summed E-state index contributed by atoms with van der Waals surface area (Å²) in [6.07, 6.45) is 3.70. The fraction of sp³-hybridized carbons (Fsp3) is 0.364. The highest BCUT2D eigenvalue weighted by molar-refractivity contribution is 5.85. The molecule has 76 valence electrons. The SMILES string of the molecule is Cl.NC1(C=O)CCCc2ccccc21. The van der Waals surface area contributed by atoms with Gasteiger partial charge >= 0.3 is 0 Å². The van der Waals surface area contributed by atoms with Crippen molar-refractivity contribution in [2.45, 2.75) is 24.8 Å². The summed E-state index contributed by atoms with van der Waals surface area (Å²) < 4.78 is 0. The lowest BCUT2D eigenvalue weighted by Crippen LogP contribution is -2.41. The van der Waals surface area contributed by atoms with Crippen molar-refractivity contribution < 1.29 is 4.79 Å². The van der Waals surface area contributed by atoms with Crippen molar-refractivity contribution in [2.24, 2.45) is 5.73 Å². The Morgan fingerprint density at radius 2 is 2.07 bits per heavy atom. The van der Waals surface area contributed by atoms with Gasteiger partial charge in [-0.05, 0) is 30.4 Å². The summed E-state index contributed by atoms with van der Waals surface area (Å²) in [5.41, 5.74) is 7.51. The highest BCUT2D eigenvalue weighted by Crippen LogP contribution is 2.31. The van der Waals surface area contributed by atoms with Crippen LogP contribution in [0.15, 0.2) is 24.3 Å². The highest BCUT2D eigenvalue weighted by atomic mass is 35.5. The molecule has 0 saturated heterocycles. The van der Waals surface area contributed by atoms with Gasteiger partial charge in [0.2, 0.25) is 0 Å². The van der Waals surface area contributed by atoms with Crippen LogP contribution >= 0.6 is 12.4 Å². The Morgan fingerprint density at radius 3 is 2.79 bits per heavy atom. The second-order valence-corrected chi connectivity index (χ2v) is 3.67. The molecule has 2 nitrogen and oxygen atoms in total. The Kier molecular flexibility index (Phi) is 3.29. The zero-order chi connectivity index (χ0) is 9.31. The van der Waals surface area contributed by atoms with Gasteiger partial charge in [-0.3, -0.25) is 0 Å². The van der Waals surface area contributed by atoms with E-state index in [1.807, 2.05) is 18.2 Å². The minimum absolute atomic E-state index is 0. The van der Waals surface area contributed by atoms with E-state index in [1.165, 1.54) is 5.56 Å². The minimum Gasteiger partial charge on any atom is -0.315 e. The molecule has 0 bridgehead atoms. The van der Waals surface area contributed by atoms with Gasteiger partial charge in [0, 0.05) is 0 Å². The molecule has 3 heteroatoms. The zero-order valence-electron chi connectivity index (χ0n) is 7.90. The van der Waals surface area contributed by atoms with Gasteiger partial charge in [0.05, 0.1) is 5.54 Å². The fourth-order valence-electron chi connectivity index (χ4n) is 2.02. The van der Waals surface area contributed by atoms with Gasteiger partial charge in [0.15, 0.2) is 0 Å². The maximum atomic E-state index is 10.9. The molecule has 1 unspecified atom stereocenters. The van der Waals surface area contributed by atoms with Crippen LogP contribution < -0.4 is 5.73 Å². The summed E-state index contributed by atoms with van der Waals surface area (Å²) in [5.74, 6) is 0. The molecule has 0 radical (unpaired) electrons. The molecular formula is C11H14ClNO. The summed E-state index contributed by atoms with van der Waals surface area (Å²) in [6.45, 7) is 0. The molecule has 2 rings (SSSR count). The van der Waals surface area contributed by atoms with Gasteiger partial charge in [-0.1, -0.05) is 24.3 Å². The molecule has 1 aliphatic rings. The molecule has 0 heterocycles. The van der Waals surface area contributed by atoms with Crippen LogP contribution in [0.1, 0.15) is 24.0 Å². The first kappa shape index (κ1) is 11.2. The first-order chi connectivity index (χ1) is 6.26. The summed E-state index contributed by atoms with van der Waals surface area (Å²) in [4.78, 5) is 10.9. The molecule has 0 saturated carbocycles. The van der Waals surface area contributed by atoms with E-state index in [1.54, 1.807) is 0 Å². The van der Waals surface area contributed by atoms with Gasteiger partial charge in [-0.15, -0.1) is 12.4 Å². The van der Waals surface area contributed by atoms with E-state index in [9.17, 15) is 4.79 Å². The Bertz CT molecular complexity index is 340. The van der Waals surface area contributed by atoms with E-state index < -0.39 is 5.54 Å². The highest BCUT2D eigenvalue weighted by Gasteiger charge is 2.31. The number of nitrogens with two attached hydrogens (primary N) is 1. The van der Waals surface area contributed by atoms with E-state index in [0.29, 0.717) is 0 Å². The number of carbonyl (C=O) groups is 1. The summed E-state index contributed by atoms with van der Waals surface area (Å²) in [7, 11) is 0. The normalized spacial score (nSPS) is 24.6. The molecule has 0 fully saturated rings. The van der Waals surface area contributed by atoms with Crippen molar-refractivity contribution in [3.05, 3.63) is 35.4 Å². The molecule has 14 heavy (non-hydrogen) atoms. The maximum Gasteiger partial charge on any atom is 0.144 e. The van der Waals surface area contributed by atoms with Crippen molar-refractivity contribution >= 4 is 18.7 Å². The van der Waals surface area contributed by atoms with Crippen molar-refractivity contribution in [1.29, 1.82) is 0 Å².